The molecule has 0 aliphatic heterocycles. The second-order valence-electron chi connectivity index (χ2n) is 5.01. The highest BCUT2D eigenvalue weighted by Gasteiger charge is 2.23. The average Bonchev–Trinajstić information content (AvgIpc) is 2.93. The molecule has 0 amide bonds. The Morgan fingerprint density at radius 3 is 2.28 bits per heavy atom. The van der Waals surface area contributed by atoms with Crippen LogP contribution < -0.4 is 4.72 Å². The molecule has 130 valence electrons. The molecule has 0 spiro atoms. The van der Waals surface area contributed by atoms with Crippen LogP contribution >= 0.6 is 11.8 Å². The van der Waals surface area contributed by atoms with Gasteiger partial charge in [0.25, 0.3) is 10.0 Å². The number of sulfonamides is 1. The first-order valence-electron chi connectivity index (χ1n) is 6.95. The van der Waals surface area contributed by atoms with E-state index in [9.17, 15) is 17.2 Å². The lowest BCUT2D eigenvalue weighted by Gasteiger charge is -2.10. The molecule has 3 rings (SSSR count). The molecular weight excluding hydrogens is 370 g/mol. The number of nitrogens with zero attached hydrogens (tertiary/aromatic N) is 3. The van der Waals surface area contributed by atoms with Crippen LogP contribution in [0.5, 0.6) is 0 Å². The Kier molecular flexibility index (Phi) is 4.73. The number of hydrogen-bond acceptors (Lipinski definition) is 5. The van der Waals surface area contributed by atoms with Gasteiger partial charge in [0.05, 0.1) is 0 Å². The molecule has 3 aromatic rings. The Hall–Kier alpha value is -2.46. The average molecular weight is 382 g/mol. The maximum atomic E-state index is 13.7. The van der Waals surface area contributed by atoms with Gasteiger partial charge < -0.3 is 4.57 Å². The van der Waals surface area contributed by atoms with Crippen molar-refractivity contribution in [3.8, 4) is 0 Å². The molecule has 0 saturated carbocycles. The number of anilines is 1. The van der Waals surface area contributed by atoms with Gasteiger partial charge in [-0.25, -0.2) is 17.2 Å². The zero-order chi connectivity index (χ0) is 18.0. The molecular formula is C15H12F2N4O2S2. The molecule has 25 heavy (non-hydrogen) atoms. The van der Waals surface area contributed by atoms with Crippen molar-refractivity contribution in [2.75, 3.05) is 4.72 Å². The van der Waals surface area contributed by atoms with Crippen molar-refractivity contribution in [3.63, 3.8) is 0 Å². The van der Waals surface area contributed by atoms with E-state index in [-0.39, 0.29) is 5.69 Å². The van der Waals surface area contributed by atoms with Gasteiger partial charge >= 0.3 is 0 Å². The SMILES string of the molecule is Cn1cnnc1Sc1ccc(NS(=O)(=O)c2c(F)cccc2F)cc1. The normalized spacial score (nSPS) is 11.5. The minimum atomic E-state index is -4.38. The molecule has 2 aromatic carbocycles. The molecule has 1 aromatic heterocycles. The standard InChI is InChI=1S/C15H12F2N4O2S2/c1-21-9-18-19-15(21)24-11-7-5-10(6-8-11)20-25(22,23)14-12(16)3-2-4-13(14)17/h2-9,20H,1H3. The van der Waals surface area contributed by atoms with Crippen molar-refractivity contribution in [1.82, 2.24) is 14.8 Å². The summed E-state index contributed by atoms with van der Waals surface area (Å²) in [4.78, 5) is -0.205. The Labute approximate surface area is 147 Å². The number of rotatable bonds is 5. The number of hydrogen-bond donors (Lipinski definition) is 1. The van der Waals surface area contributed by atoms with Crippen molar-refractivity contribution in [2.24, 2.45) is 7.05 Å². The van der Waals surface area contributed by atoms with Crippen LogP contribution in [0.1, 0.15) is 0 Å². The first-order chi connectivity index (χ1) is 11.9. The van der Waals surface area contributed by atoms with E-state index in [0.717, 1.165) is 23.1 Å². The van der Waals surface area contributed by atoms with E-state index in [4.69, 9.17) is 0 Å². The van der Waals surface area contributed by atoms with E-state index in [1.165, 1.54) is 23.9 Å². The smallest absolute Gasteiger partial charge is 0.267 e. The highest BCUT2D eigenvalue weighted by atomic mass is 32.2. The van der Waals surface area contributed by atoms with Crippen LogP contribution in [0.2, 0.25) is 0 Å². The zero-order valence-electron chi connectivity index (χ0n) is 12.8. The van der Waals surface area contributed by atoms with Crippen LogP contribution in [0.15, 0.2) is 63.7 Å². The fraction of sp³-hybridized carbons (Fsp3) is 0.0667. The van der Waals surface area contributed by atoms with Crippen LogP contribution in [0.25, 0.3) is 0 Å². The molecule has 0 aliphatic carbocycles. The van der Waals surface area contributed by atoms with Crippen LogP contribution in [0.4, 0.5) is 14.5 Å². The maximum absolute atomic E-state index is 13.7. The highest BCUT2D eigenvalue weighted by Crippen LogP contribution is 2.27. The van der Waals surface area contributed by atoms with Crippen molar-refractivity contribution in [2.45, 2.75) is 14.9 Å². The van der Waals surface area contributed by atoms with Gasteiger partial charge in [-0.2, -0.15) is 0 Å². The van der Waals surface area contributed by atoms with E-state index in [2.05, 4.69) is 14.9 Å². The second-order valence-corrected chi connectivity index (χ2v) is 7.67. The molecule has 0 unspecified atom stereocenters. The van der Waals surface area contributed by atoms with E-state index in [1.807, 2.05) is 0 Å². The van der Waals surface area contributed by atoms with E-state index in [1.54, 1.807) is 30.1 Å². The predicted molar refractivity (Wildman–Crippen MR) is 88.7 cm³/mol. The van der Waals surface area contributed by atoms with Gasteiger partial charge in [-0.15, -0.1) is 10.2 Å². The number of benzene rings is 2. The van der Waals surface area contributed by atoms with Crippen LogP contribution in [-0.2, 0) is 17.1 Å². The molecule has 10 heteroatoms. The van der Waals surface area contributed by atoms with Gasteiger partial charge in [0.2, 0.25) is 0 Å². The second kappa shape index (κ2) is 6.81. The van der Waals surface area contributed by atoms with Gasteiger partial charge in [0.15, 0.2) is 10.1 Å². The molecule has 0 saturated heterocycles. The maximum Gasteiger partial charge on any atom is 0.267 e. The zero-order valence-corrected chi connectivity index (χ0v) is 14.5. The molecule has 0 fully saturated rings. The van der Waals surface area contributed by atoms with Gasteiger partial charge in [0, 0.05) is 17.6 Å². The Morgan fingerprint density at radius 2 is 1.72 bits per heavy atom. The van der Waals surface area contributed by atoms with E-state index in [0.29, 0.717) is 5.16 Å². The predicted octanol–water partition coefficient (Wildman–Crippen LogP) is 3.05. The Morgan fingerprint density at radius 1 is 1.08 bits per heavy atom. The number of aryl methyl sites for hydroxylation is 1. The molecule has 0 aliphatic rings. The molecule has 1 N–H and O–H groups in total. The summed E-state index contributed by atoms with van der Waals surface area (Å²) in [6.45, 7) is 0. The summed E-state index contributed by atoms with van der Waals surface area (Å²) in [5.41, 5.74) is 0.185. The first-order valence-corrected chi connectivity index (χ1v) is 9.25. The first kappa shape index (κ1) is 17.4. The van der Waals surface area contributed by atoms with Crippen molar-refractivity contribution >= 4 is 27.5 Å². The summed E-state index contributed by atoms with van der Waals surface area (Å²) in [5.74, 6) is -2.30. The molecule has 1 heterocycles. The quantitative estimate of drug-likeness (QED) is 0.734. The Balaban J connectivity index is 1.80. The summed E-state index contributed by atoms with van der Waals surface area (Å²) in [6.07, 6.45) is 1.56. The van der Waals surface area contributed by atoms with Crippen molar-refractivity contribution in [1.29, 1.82) is 0 Å². The number of aromatic nitrogens is 3. The molecule has 0 bridgehead atoms. The minimum absolute atomic E-state index is 0.185. The van der Waals surface area contributed by atoms with E-state index < -0.39 is 26.6 Å². The lowest BCUT2D eigenvalue weighted by atomic mass is 10.3. The minimum Gasteiger partial charge on any atom is -0.311 e. The van der Waals surface area contributed by atoms with Gasteiger partial charge in [-0.3, -0.25) is 4.72 Å². The highest BCUT2D eigenvalue weighted by molar-refractivity contribution is 7.99. The fourth-order valence-corrected chi connectivity index (χ4v) is 3.97. The van der Waals surface area contributed by atoms with E-state index >= 15 is 0 Å². The molecule has 0 radical (unpaired) electrons. The molecule has 0 atom stereocenters. The summed E-state index contributed by atoms with van der Waals surface area (Å²) in [6, 6.07) is 9.19. The van der Waals surface area contributed by atoms with Crippen LogP contribution in [0.3, 0.4) is 0 Å². The van der Waals surface area contributed by atoms with Crippen molar-refractivity contribution < 1.29 is 17.2 Å². The fourth-order valence-electron chi connectivity index (χ4n) is 2.01. The largest absolute Gasteiger partial charge is 0.311 e. The lowest BCUT2D eigenvalue weighted by molar-refractivity contribution is 0.521. The lowest BCUT2D eigenvalue weighted by Crippen LogP contribution is -2.16. The summed E-state index contributed by atoms with van der Waals surface area (Å²) < 4.78 is 55.7. The monoisotopic (exact) mass is 382 g/mol. The third-order valence-corrected chi connectivity index (χ3v) is 5.67. The summed E-state index contributed by atoms with van der Waals surface area (Å²) in [5, 5.41) is 8.36. The topological polar surface area (TPSA) is 76.9 Å². The van der Waals surface area contributed by atoms with Crippen LogP contribution in [0, 0.1) is 11.6 Å². The third-order valence-electron chi connectivity index (χ3n) is 3.17. The molecule has 6 nitrogen and oxygen atoms in total. The number of nitrogens with one attached hydrogen (secondary N) is 1. The van der Waals surface area contributed by atoms with Gasteiger partial charge in [0.1, 0.15) is 18.0 Å². The van der Waals surface area contributed by atoms with Gasteiger partial charge in [-0.1, -0.05) is 6.07 Å². The Bertz CT molecular complexity index is 984. The van der Waals surface area contributed by atoms with Crippen LogP contribution in [-0.4, -0.2) is 23.2 Å². The number of halogens is 2. The summed E-state index contributed by atoms with van der Waals surface area (Å²) >= 11 is 1.34. The van der Waals surface area contributed by atoms with Gasteiger partial charge in [-0.05, 0) is 48.2 Å². The summed E-state index contributed by atoms with van der Waals surface area (Å²) in [7, 11) is -2.58. The van der Waals surface area contributed by atoms with Crippen molar-refractivity contribution in [3.05, 3.63) is 60.4 Å². The third kappa shape index (κ3) is 3.80.